The highest BCUT2D eigenvalue weighted by atomic mass is 79.9. The Morgan fingerprint density at radius 2 is 2.10 bits per heavy atom. The Morgan fingerprint density at radius 3 is 2.70 bits per heavy atom. The lowest BCUT2D eigenvalue weighted by Crippen LogP contribution is -2.18. The number of anilines is 1. The first-order valence-electron chi connectivity index (χ1n) is 6.04. The summed E-state index contributed by atoms with van der Waals surface area (Å²) in [5, 5.41) is 6.54. The number of rotatable bonds is 4. The molecular weight excluding hydrogens is 360 g/mol. The maximum atomic E-state index is 11.6. The van der Waals surface area contributed by atoms with Crippen LogP contribution in [0.1, 0.15) is 28.2 Å². The van der Waals surface area contributed by atoms with Gasteiger partial charge in [0, 0.05) is 17.5 Å². The molecule has 1 atom stereocenters. The lowest BCUT2D eigenvalue weighted by atomic mass is 10.1. The van der Waals surface area contributed by atoms with E-state index < -0.39 is 0 Å². The van der Waals surface area contributed by atoms with Crippen LogP contribution < -0.4 is 10.6 Å². The number of hydrogen-bond acceptors (Lipinski definition) is 3. The van der Waals surface area contributed by atoms with Crippen LogP contribution in [0.2, 0.25) is 5.02 Å². The molecule has 2 rings (SSSR count). The molecule has 1 unspecified atom stereocenters. The minimum atomic E-state index is -0.128. The molecule has 1 amide bonds. The molecule has 2 N–H and O–H groups in total. The van der Waals surface area contributed by atoms with Gasteiger partial charge in [0.2, 0.25) is 0 Å². The lowest BCUT2D eigenvalue weighted by Gasteiger charge is -2.15. The van der Waals surface area contributed by atoms with E-state index in [1.807, 2.05) is 6.07 Å². The average molecular weight is 374 g/mol. The minimum absolute atomic E-state index is 0.115. The van der Waals surface area contributed by atoms with Gasteiger partial charge in [-0.15, -0.1) is 11.3 Å². The number of hydrogen-bond donors (Lipinski definition) is 2. The van der Waals surface area contributed by atoms with E-state index in [1.165, 1.54) is 4.88 Å². The van der Waals surface area contributed by atoms with Crippen LogP contribution in [0.15, 0.2) is 34.1 Å². The Hall–Kier alpha value is -1.04. The second-order valence-electron chi connectivity index (χ2n) is 4.28. The molecule has 20 heavy (non-hydrogen) atoms. The molecule has 1 aromatic carbocycles. The van der Waals surface area contributed by atoms with Crippen molar-refractivity contribution in [2.75, 3.05) is 12.4 Å². The topological polar surface area (TPSA) is 41.1 Å². The Labute approximate surface area is 135 Å². The van der Waals surface area contributed by atoms with Crippen LogP contribution in [-0.4, -0.2) is 13.0 Å². The van der Waals surface area contributed by atoms with E-state index in [2.05, 4.69) is 39.6 Å². The third kappa shape index (κ3) is 3.53. The average Bonchev–Trinajstić information content (AvgIpc) is 2.87. The predicted molar refractivity (Wildman–Crippen MR) is 88.9 cm³/mol. The van der Waals surface area contributed by atoms with Gasteiger partial charge < -0.3 is 10.6 Å². The van der Waals surface area contributed by atoms with E-state index >= 15 is 0 Å². The first-order valence-corrected chi connectivity index (χ1v) is 8.03. The van der Waals surface area contributed by atoms with Gasteiger partial charge in [0.1, 0.15) is 0 Å². The van der Waals surface area contributed by atoms with E-state index in [-0.39, 0.29) is 11.9 Å². The summed E-state index contributed by atoms with van der Waals surface area (Å²) in [7, 11) is 1.61. The van der Waals surface area contributed by atoms with Gasteiger partial charge in [-0.25, -0.2) is 0 Å². The lowest BCUT2D eigenvalue weighted by molar-refractivity contribution is 0.0963. The Bertz CT molecular complexity index is 629. The van der Waals surface area contributed by atoms with Crippen LogP contribution in [0, 0.1) is 0 Å². The van der Waals surface area contributed by atoms with Gasteiger partial charge in [0.25, 0.3) is 5.91 Å². The predicted octanol–water partition coefficient (Wildman–Crippen LogP) is 4.70. The number of halogens is 2. The molecule has 1 aromatic heterocycles. The van der Waals surface area contributed by atoms with Crippen LogP contribution in [0.4, 0.5) is 5.69 Å². The molecule has 0 radical (unpaired) electrons. The molecule has 6 heteroatoms. The molecule has 106 valence electrons. The molecule has 0 saturated heterocycles. The molecule has 0 aliphatic heterocycles. The fraction of sp³-hybridized carbons (Fsp3) is 0.214. The molecule has 3 nitrogen and oxygen atoms in total. The van der Waals surface area contributed by atoms with Crippen molar-refractivity contribution < 1.29 is 4.79 Å². The van der Waals surface area contributed by atoms with Gasteiger partial charge in [0.05, 0.1) is 20.5 Å². The second-order valence-corrected chi connectivity index (χ2v) is 7.18. The molecule has 0 saturated carbocycles. The first kappa shape index (κ1) is 15.4. The van der Waals surface area contributed by atoms with Crippen molar-refractivity contribution in [3.05, 3.63) is 49.6 Å². The number of carbonyl (C=O) groups excluding carboxylic acids is 1. The quantitative estimate of drug-likeness (QED) is 0.816. The number of carbonyl (C=O) groups is 1. The number of thiophene rings is 1. The fourth-order valence-corrected chi connectivity index (χ4v) is 3.38. The van der Waals surface area contributed by atoms with E-state index in [0.29, 0.717) is 10.6 Å². The van der Waals surface area contributed by atoms with E-state index in [9.17, 15) is 4.79 Å². The zero-order chi connectivity index (χ0) is 14.7. The molecular formula is C14H14BrClN2OS. The molecule has 1 heterocycles. The zero-order valence-corrected chi connectivity index (χ0v) is 14.2. The highest BCUT2D eigenvalue weighted by Crippen LogP contribution is 2.31. The monoisotopic (exact) mass is 372 g/mol. The summed E-state index contributed by atoms with van der Waals surface area (Å²) in [5.74, 6) is -0.128. The summed E-state index contributed by atoms with van der Waals surface area (Å²) in [4.78, 5) is 12.8. The van der Waals surface area contributed by atoms with Crippen LogP contribution in [-0.2, 0) is 0 Å². The van der Waals surface area contributed by atoms with Gasteiger partial charge >= 0.3 is 0 Å². The van der Waals surface area contributed by atoms with E-state index in [0.717, 1.165) is 9.47 Å². The van der Waals surface area contributed by atoms with Gasteiger partial charge in [0.15, 0.2) is 0 Å². The number of amides is 1. The van der Waals surface area contributed by atoms with Crippen LogP contribution in [0.3, 0.4) is 0 Å². The van der Waals surface area contributed by atoms with Gasteiger partial charge in [-0.3, -0.25) is 4.79 Å². The van der Waals surface area contributed by atoms with E-state index in [4.69, 9.17) is 11.6 Å². The Morgan fingerprint density at radius 1 is 1.35 bits per heavy atom. The second kappa shape index (κ2) is 6.61. The molecule has 0 bridgehead atoms. The molecule has 0 fully saturated rings. The summed E-state index contributed by atoms with van der Waals surface area (Å²) in [6, 6.07) is 9.39. The standard InChI is InChI=1S/C14H14BrClN2OS/c1-8(12-5-6-13(15)20-12)18-11-7-9(14(19)17-2)3-4-10(11)16/h3-8,18H,1-2H3,(H,17,19). The van der Waals surface area contributed by atoms with Gasteiger partial charge in [-0.2, -0.15) is 0 Å². The van der Waals surface area contributed by atoms with Crippen LogP contribution in [0.25, 0.3) is 0 Å². The highest BCUT2D eigenvalue weighted by molar-refractivity contribution is 9.11. The summed E-state index contributed by atoms with van der Waals surface area (Å²) in [5.41, 5.74) is 1.34. The summed E-state index contributed by atoms with van der Waals surface area (Å²) >= 11 is 11.3. The molecule has 0 spiro atoms. The SMILES string of the molecule is CNC(=O)c1ccc(Cl)c(NC(C)c2ccc(Br)s2)c1. The normalized spacial score (nSPS) is 12.0. The van der Waals surface area contributed by atoms with Gasteiger partial charge in [-0.05, 0) is 53.2 Å². The minimum Gasteiger partial charge on any atom is -0.376 e. The maximum Gasteiger partial charge on any atom is 0.251 e. The smallest absolute Gasteiger partial charge is 0.251 e. The van der Waals surface area contributed by atoms with Crippen molar-refractivity contribution >= 4 is 50.5 Å². The highest BCUT2D eigenvalue weighted by Gasteiger charge is 2.12. The Balaban J connectivity index is 2.22. The largest absolute Gasteiger partial charge is 0.376 e. The van der Waals surface area contributed by atoms with Gasteiger partial charge in [-0.1, -0.05) is 11.6 Å². The summed E-state index contributed by atoms with van der Waals surface area (Å²) in [6.07, 6.45) is 0. The number of benzene rings is 1. The zero-order valence-electron chi connectivity index (χ0n) is 11.0. The van der Waals surface area contributed by atoms with Crippen LogP contribution >= 0.6 is 38.9 Å². The van der Waals surface area contributed by atoms with Crippen molar-refractivity contribution in [1.29, 1.82) is 0 Å². The van der Waals surface area contributed by atoms with Crippen molar-refractivity contribution in [1.82, 2.24) is 5.32 Å². The van der Waals surface area contributed by atoms with E-state index in [1.54, 1.807) is 36.6 Å². The third-order valence-electron chi connectivity index (χ3n) is 2.85. The van der Waals surface area contributed by atoms with Crippen molar-refractivity contribution in [3.8, 4) is 0 Å². The maximum absolute atomic E-state index is 11.6. The van der Waals surface area contributed by atoms with Crippen LogP contribution in [0.5, 0.6) is 0 Å². The summed E-state index contributed by atoms with van der Waals surface area (Å²) < 4.78 is 1.09. The summed E-state index contributed by atoms with van der Waals surface area (Å²) in [6.45, 7) is 2.06. The van der Waals surface area contributed by atoms with Crippen molar-refractivity contribution in [2.24, 2.45) is 0 Å². The molecule has 0 aliphatic rings. The van der Waals surface area contributed by atoms with Crippen molar-refractivity contribution in [3.63, 3.8) is 0 Å². The fourth-order valence-electron chi connectivity index (χ4n) is 1.79. The third-order valence-corrected chi connectivity index (χ3v) is 4.98. The molecule has 0 aliphatic carbocycles. The van der Waals surface area contributed by atoms with Crippen molar-refractivity contribution in [2.45, 2.75) is 13.0 Å². The number of nitrogens with one attached hydrogen (secondary N) is 2. The molecule has 2 aromatic rings. The Kier molecular flexibility index (Phi) is 5.07. The first-order chi connectivity index (χ1) is 9.51.